The van der Waals surface area contributed by atoms with Gasteiger partial charge in [0.05, 0.1) is 15.2 Å². The van der Waals surface area contributed by atoms with Gasteiger partial charge in [-0.3, -0.25) is 4.79 Å². The first-order valence-corrected chi connectivity index (χ1v) is 8.70. The Morgan fingerprint density at radius 1 is 1.22 bits per heavy atom. The van der Waals surface area contributed by atoms with Crippen molar-refractivity contribution in [3.05, 3.63) is 56.5 Å². The molecule has 122 valence electrons. The lowest BCUT2D eigenvalue weighted by Gasteiger charge is -2.11. The van der Waals surface area contributed by atoms with E-state index >= 15 is 0 Å². The molecule has 0 saturated carbocycles. The van der Waals surface area contributed by atoms with Crippen LogP contribution in [0.3, 0.4) is 0 Å². The monoisotopic (exact) mass is 415 g/mol. The first kappa shape index (κ1) is 18.1. The summed E-state index contributed by atoms with van der Waals surface area (Å²) in [5.74, 6) is 0.334. The number of halogens is 3. The van der Waals surface area contributed by atoms with Gasteiger partial charge < -0.3 is 10.1 Å². The van der Waals surface area contributed by atoms with Crippen LogP contribution in [0.15, 0.2) is 40.9 Å². The number of rotatable bonds is 6. The summed E-state index contributed by atoms with van der Waals surface area (Å²) in [7, 11) is 0. The van der Waals surface area contributed by atoms with E-state index in [9.17, 15) is 4.79 Å². The average molecular weight is 417 g/mol. The summed E-state index contributed by atoms with van der Waals surface area (Å²) in [5.41, 5.74) is 1.73. The molecule has 0 radical (unpaired) electrons. The van der Waals surface area contributed by atoms with E-state index in [-0.39, 0.29) is 12.5 Å². The van der Waals surface area contributed by atoms with Crippen molar-refractivity contribution in [1.82, 2.24) is 0 Å². The second kappa shape index (κ2) is 8.57. The number of benzene rings is 2. The van der Waals surface area contributed by atoms with Crippen molar-refractivity contribution in [2.75, 3.05) is 11.9 Å². The standard InChI is InChI=1S/C17H16BrCl2NO2/c1-2-3-11-4-7-16(13(18)8-11)23-10-17(22)21-15-6-5-12(19)9-14(15)20/h4-9H,2-3,10H2,1H3,(H,21,22). The first-order chi connectivity index (χ1) is 11.0. The van der Waals surface area contributed by atoms with Crippen molar-refractivity contribution in [3.8, 4) is 5.75 Å². The van der Waals surface area contributed by atoms with Crippen LogP contribution in [0.25, 0.3) is 0 Å². The lowest BCUT2D eigenvalue weighted by Crippen LogP contribution is -2.20. The van der Waals surface area contributed by atoms with Crippen LogP contribution in [0.5, 0.6) is 5.75 Å². The summed E-state index contributed by atoms with van der Waals surface area (Å²) >= 11 is 15.3. The zero-order chi connectivity index (χ0) is 16.8. The molecular weight excluding hydrogens is 401 g/mol. The molecule has 0 bridgehead atoms. The summed E-state index contributed by atoms with van der Waals surface area (Å²) < 4.78 is 6.37. The molecule has 0 aromatic heterocycles. The third-order valence-corrected chi connectivity index (χ3v) is 4.27. The van der Waals surface area contributed by atoms with Crippen LogP contribution in [-0.4, -0.2) is 12.5 Å². The molecule has 0 aliphatic rings. The van der Waals surface area contributed by atoms with Gasteiger partial charge in [0.25, 0.3) is 5.91 Å². The molecule has 0 fully saturated rings. The summed E-state index contributed by atoms with van der Waals surface area (Å²) in [6.07, 6.45) is 2.09. The van der Waals surface area contributed by atoms with Crippen LogP contribution >= 0.6 is 39.1 Å². The maximum atomic E-state index is 12.0. The first-order valence-electron chi connectivity index (χ1n) is 7.15. The van der Waals surface area contributed by atoms with E-state index < -0.39 is 0 Å². The molecule has 0 atom stereocenters. The fourth-order valence-electron chi connectivity index (χ4n) is 2.03. The Kier molecular flexibility index (Phi) is 6.75. The Balaban J connectivity index is 1.94. The number of carbonyl (C=O) groups excluding carboxylic acids is 1. The van der Waals surface area contributed by atoms with Crippen molar-refractivity contribution in [2.45, 2.75) is 19.8 Å². The Morgan fingerprint density at radius 3 is 2.65 bits per heavy atom. The van der Waals surface area contributed by atoms with Gasteiger partial charge in [0, 0.05) is 5.02 Å². The number of aryl methyl sites for hydroxylation is 1. The number of nitrogens with one attached hydrogen (secondary N) is 1. The van der Waals surface area contributed by atoms with E-state index in [1.54, 1.807) is 18.2 Å². The van der Waals surface area contributed by atoms with Crippen molar-refractivity contribution < 1.29 is 9.53 Å². The number of hydrogen-bond donors (Lipinski definition) is 1. The predicted molar refractivity (Wildman–Crippen MR) is 98.7 cm³/mol. The van der Waals surface area contributed by atoms with Crippen LogP contribution in [-0.2, 0) is 11.2 Å². The van der Waals surface area contributed by atoms with Crippen molar-refractivity contribution in [3.63, 3.8) is 0 Å². The molecule has 0 unspecified atom stereocenters. The van der Waals surface area contributed by atoms with E-state index in [1.165, 1.54) is 5.56 Å². The minimum atomic E-state index is -0.293. The smallest absolute Gasteiger partial charge is 0.262 e. The van der Waals surface area contributed by atoms with Gasteiger partial charge in [-0.2, -0.15) is 0 Å². The van der Waals surface area contributed by atoms with E-state index in [0.717, 1.165) is 17.3 Å². The molecule has 0 aliphatic carbocycles. The van der Waals surface area contributed by atoms with E-state index in [2.05, 4.69) is 28.2 Å². The quantitative estimate of drug-likeness (QED) is 0.653. The van der Waals surface area contributed by atoms with Crippen molar-refractivity contribution in [1.29, 1.82) is 0 Å². The fraction of sp³-hybridized carbons (Fsp3) is 0.235. The Morgan fingerprint density at radius 2 is 2.00 bits per heavy atom. The number of carbonyl (C=O) groups is 1. The minimum Gasteiger partial charge on any atom is -0.483 e. The Bertz CT molecular complexity index is 707. The molecule has 0 aliphatic heterocycles. The van der Waals surface area contributed by atoms with Gasteiger partial charge in [0.2, 0.25) is 0 Å². The Labute approximate surface area is 154 Å². The van der Waals surface area contributed by atoms with Gasteiger partial charge in [-0.1, -0.05) is 42.6 Å². The van der Waals surface area contributed by atoms with E-state index in [0.29, 0.717) is 21.5 Å². The lowest BCUT2D eigenvalue weighted by atomic mass is 10.1. The zero-order valence-electron chi connectivity index (χ0n) is 12.5. The normalized spacial score (nSPS) is 10.4. The maximum Gasteiger partial charge on any atom is 0.262 e. The van der Waals surface area contributed by atoms with Gasteiger partial charge in [0.1, 0.15) is 5.75 Å². The zero-order valence-corrected chi connectivity index (χ0v) is 15.6. The van der Waals surface area contributed by atoms with Crippen LogP contribution in [0, 0.1) is 0 Å². The number of hydrogen-bond acceptors (Lipinski definition) is 2. The minimum absolute atomic E-state index is 0.106. The molecule has 0 saturated heterocycles. The highest BCUT2D eigenvalue weighted by Gasteiger charge is 2.09. The third kappa shape index (κ3) is 5.41. The number of ether oxygens (including phenoxy) is 1. The predicted octanol–water partition coefficient (Wildman–Crippen LogP) is 5.73. The molecule has 1 N–H and O–H groups in total. The van der Waals surface area contributed by atoms with Gasteiger partial charge in [-0.05, 0) is 58.2 Å². The van der Waals surface area contributed by atoms with Gasteiger partial charge in [-0.15, -0.1) is 0 Å². The van der Waals surface area contributed by atoms with E-state index in [4.69, 9.17) is 27.9 Å². The van der Waals surface area contributed by atoms with E-state index in [1.807, 2.05) is 18.2 Å². The molecule has 3 nitrogen and oxygen atoms in total. The highest BCUT2D eigenvalue weighted by atomic mass is 79.9. The van der Waals surface area contributed by atoms with Crippen molar-refractivity contribution >= 4 is 50.7 Å². The van der Waals surface area contributed by atoms with Crippen LogP contribution < -0.4 is 10.1 Å². The molecular formula is C17H16BrCl2NO2. The maximum absolute atomic E-state index is 12.0. The van der Waals surface area contributed by atoms with Crippen molar-refractivity contribution in [2.24, 2.45) is 0 Å². The molecule has 23 heavy (non-hydrogen) atoms. The summed E-state index contributed by atoms with van der Waals surface area (Å²) in [6.45, 7) is 2.02. The van der Waals surface area contributed by atoms with Crippen LogP contribution in [0.4, 0.5) is 5.69 Å². The summed E-state index contributed by atoms with van der Waals surface area (Å²) in [5, 5.41) is 3.59. The highest BCUT2D eigenvalue weighted by Crippen LogP contribution is 2.27. The second-order valence-corrected chi connectivity index (χ2v) is 6.67. The van der Waals surface area contributed by atoms with Crippen LogP contribution in [0.1, 0.15) is 18.9 Å². The Hall–Kier alpha value is -1.23. The topological polar surface area (TPSA) is 38.3 Å². The highest BCUT2D eigenvalue weighted by molar-refractivity contribution is 9.10. The van der Waals surface area contributed by atoms with Crippen LogP contribution in [0.2, 0.25) is 10.0 Å². The lowest BCUT2D eigenvalue weighted by molar-refractivity contribution is -0.118. The molecule has 2 aromatic rings. The SMILES string of the molecule is CCCc1ccc(OCC(=O)Nc2ccc(Cl)cc2Cl)c(Br)c1. The van der Waals surface area contributed by atoms with Gasteiger partial charge >= 0.3 is 0 Å². The van der Waals surface area contributed by atoms with Gasteiger partial charge in [0.15, 0.2) is 6.61 Å². The largest absolute Gasteiger partial charge is 0.483 e. The summed E-state index contributed by atoms with van der Waals surface area (Å²) in [4.78, 5) is 12.0. The second-order valence-electron chi connectivity index (χ2n) is 4.98. The molecule has 2 rings (SSSR count). The molecule has 0 heterocycles. The third-order valence-electron chi connectivity index (χ3n) is 3.10. The molecule has 0 spiro atoms. The number of anilines is 1. The molecule has 6 heteroatoms. The number of amides is 1. The van der Waals surface area contributed by atoms with Gasteiger partial charge in [-0.25, -0.2) is 0 Å². The average Bonchev–Trinajstić information content (AvgIpc) is 2.50. The summed E-state index contributed by atoms with van der Waals surface area (Å²) in [6, 6.07) is 10.7. The molecule has 2 aromatic carbocycles. The fourth-order valence-corrected chi connectivity index (χ4v) is 3.02. The molecule has 1 amide bonds.